The predicted molar refractivity (Wildman–Crippen MR) is 78.0 cm³/mol. The highest BCUT2D eigenvalue weighted by Crippen LogP contribution is 2.15. The molecule has 2 N–H and O–H groups in total. The van der Waals surface area contributed by atoms with Crippen LogP contribution in [-0.4, -0.2) is 25.2 Å². The van der Waals surface area contributed by atoms with Gasteiger partial charge in [-0.3, -0.25) is 0 Å². The Kier molecular flexibility index (Phi) is 5.21. The highest BCUT2D eigenvalue weighted by atomic mass is 15.0. The molecule has 2 heteroatoms. The summed E-state index contributed by atoms with van der Waals surface area (Å²) < 4.78 is 0. The van der Waals surface area contributed by atoms with E-state index in [1.54, 1.807) is 0 Å². The lowest BCUT2D eigenvalue weighted by Gasteiger charge is -2.21. The van der Waals surface area contributed by atoms with Gasteiger partial charge in [-0.05, 0) is 44.2 Å². The lowest BCUT2D eigenvalue weighted by molar-refractivity contribution is 0.431. The number of hydrogen-bond donors (Lipinski definition) is 2. The van der Waals surface area contributed by atoms with Crippen LogP contribution in [0.25, 0.3) is 0 Å². The number of benzene rings is 1. The molecule has 100 valence electrons. The van der Waals surface area contributed by atoms with Crippen LogP contribution in [-0.2, 0) is 0 Å². The molecular formula is C16H26N2. The Morgan fingerprint density at radius 2 is 2.06 bits per heavy atom. The summed E-state index contributed by atoms with van der Waals surface area (Å²) in [5.74, 6) is 0.588. The van der Waals surface area contributed by atoms with Crippen LogP contribution in [0.4, 0.5) is 0 Å². The summed E-state index contributed by atoms with van der Waals surface area (Å²) in [6.07, 6.45) is 3.94. The van der Waals surface area contributed by atoms with Gasteiger partial charge in [-0.2, -0.15) is 0 Å². The second-order valence-corrected chi connectivity index (χ2v) is 5.65. The third-order valence-corrected chi connectivity index (χ3v) is 3.94. The molecule has 1 fully saturated rings. The molecule has 1 aromatic rings. The molecule has 3 atom stereocenters. The minimum absolute atomic E-state index is 0.588. The molecule has 0 bridgehead atoms. The van der Waals surface area contributed by atoms with Gasteiger partial charge in [0.2, 0.25) is 0 Å². The molecule has 1 heterocycles. The van der Waals surface area contributed by atoms with Crippen molar-refractivity contribution < 1.29 is 0 Å². The first kappa shape index (κ1) is 13.6. The summed E-state index contributed by atoms with van der Waals surface area (Å²) in [6.45, 7) is 6.87. The molecule has 0 spiro atoms. The van der Waals surface area contributed by atoms with E-state index in [2.05, 4.69) is 54.8 Å². The fourth-order valence-corrected chi connectivity index (χ4v) is 2.75. The van der Waals surface area contributed by atoms with Crippen LogP contribution in [0.1, 0.15) is 44.6 Å². The zero-order chi connectivity index (χ0) is 12.8. The van der Waals surface area contributed by atoms with Gasteiger partial charge in [0.05, 0.1) is 0 Å². The van der Waals surface area contributed by atoms with Crippen molar-refractivity contribution in [3.63, 3.8) is 0 Å². The van der Waals surface area contributed by atoms with Gasteiger partial charge in [0.1, 0.15) is 0 Å². The zero-order valence-corrected chi connectivity index (χ0v) is 11.7. The zero-order valence-electron chi connectivity index (χ0n) is 11.7. The van der Waals surface area contributed by atoms with Crippen LogP contribution < -0.4 is 10.6 Å². The van der Waals surface area contributed by atoms with Crippen molar-refractivity contribution in [1.82, 2.24) is 10.6 Å². The molecule has 1 aliphatic rings. The van der Waals surface area contributed by atoms with Crippen LogP contribution in [0.3, 0.4) is 0 Å². The van der Waals surface area contributed by atoms with Crippen molar-refractivity contribution in [2.45, 2.75) is 51.1 Å². The Labute approximate surface area is 111 Å². The number of rotatable bonds is 6. The number of hydrogen-bond acceptors (Lipinski definition) is 2. The molecule has 1 aliphatic heterocycles. The van der Waals surface area contributed by atoms with Gasteiger partial charge < -0.3 is 10.6 Å². The molecular weight excluding hydrogens is 220 g/mol. The van der Waals surface area contributed by atoms with E-state index in [-0.39, 0.29) is 0 Å². The van der Waals surface area contributed by atoms with Gasteiger partial charge in [-0.1, -0.05) is 37.3 Å². The fourth-order valence-electron chi connectivity index (χ4n) is 2.75. The Morgan fingerprint density at radius 1 is 1.28 bits per heavy atom. The van der Waals surface area contributed by atoms with E-state index >= 15 is 0 Å². The summed E-state index contributed by atoms with van der Waals surface area (Å²) in [7, 11) is 0. The lowest BCUT2D eigenvalue weighted by atomic mass is 10.0. The van der Waals surface area contributed by atoms with E-state index in [1.807, 2.05) is 0 Å². The maximum Gasteiger partial charge on any atom is 0.00822 e. The molecule has 1 saturated heterocycles. The van der Waals surface area contributed by atoms with Crippen molar-refractivity contribution in [3.8, 4) is 0 Å². The first-order valence-electron chi connectivity index (χ1n) is 7.27. The quantitative estimate of drug-likeness (QED) is 0.806. The largest absolute Gasteiger partial charge is 0.314 e. The second kappa shape index (κ2) is 6.91. The van der Waals surface area contributed by atoms with Crippen molar-refractivity contribution in [3.05, 3.63) is 35.9 Å². The van der Waals surface area contributed by atoms with Gasteiger partial charge in [0, 0.05) is 18.6 Å². The van der Waals surface area contributed by atoms with Crippen LogP contribution in [0, 0.1) is 0 Å². The third kappa shape index (κ3) is 4.11. The predicted octanol–water partition coefficient (Wildman–Crippen LogP) is 2.91. The summed E-state index contributed by atoms with van der Waals surface area (Å²) in [6, 6.07) is 12.1. The van der Waals surface area contributed by atoms with Crippen molar-refractivity contribution in [2.75, 3.05) is 13.1 Å². The molecule has 2 nitrogen and oxygen atoms in total. The van der Waals surface area contributed by atoms with E-state index in [0.717, 1.165) is 12.6 Å². The molecule has 0 saturated carbocycles. The lowest BCUT2D eigenvalue weighted by Crippen LogP contribution is -2.35. The molecule has 2 rings (SSSR count). The van der Waals surface area contributed by atoms with Crippen LogP contribution in [0.5, 0.6) is 0 Å². The fraction of sp³-hybridized carbons (Fsp3) is 0.625. The van der Waals surface area contributed by atoms with Crippen molar-refractivity contribution >= 4 is 0 Å². The van der Waals surface area contributed by atoms with E-state index in [1.165, 1.54) is 31.4 Å². The molecule has 18 heavy (non-hydrogen) atoms. The molecule has 3 unspecified atom stereocenters. The van der Waals surface area contributed by atoms with Gasteiger partial charge in [-0.15, -0.1) is 0 Å². The minimum atomic E-state index is 0.588. The van der Waals surface area contributed by atoms with E-state index in [4.69, 9.17) is 0 Å². The van der Waals surface area contributed by atoms with E-state index in [0.29, 0.717) is 12.0 Å². The molecule has 1 aromatic carbocycles. The Balaban J connectivity index is 1.70. The molecule has 0 aliphatic carbocycles. The van der Waals surface area contributed by atoms with E-state index in [9.17, 15) is 0 Å². The second-order valence-electron chi connectivity index (χ2n) is 5.65. The van der Waals surface area contributed by atoms with E-state index < -0.39 is 0 Å². The van der Waals surface area contributed by atoms with Gasteiger partial charge in [0.25, 0.3) is 0 Å². The average molecular weight is 246 g/mol. The average Bonchev–Trinajstić information content (AvgIpc) is 2.90. The van der Waals surface area contributed by atoms with Gasteiger partial charge in [-0.25, -0.2) is 0 Å². The normalized spacial score (nSPS) is 22.9. The Morgan fingerprint density at radius 3 is 2.72 bits per heavy atom. The Hall–Kier alpha value is -0.860. The van der Waals surface area contributed by atoms with Gasteiger partial charge in [0.15, 0.2) is 0 Å². The molecule has 0 radical (unpaired) electrons. The topological polar surface area (TPSA) is 24.1 Å². The molecule has 0 aromatic heterocycles. The summed E-state index contributed by atoms with van der Waals surface area (Å²) in [5, 5.41) is 7.23. The highest BCUT2D eigenvalue weighted by molar-refractivity contribution is 5.18. The van der Waals surface area contributed by atoms with Crippen LogP contribution in [0.2, 0.25) is 0 Å². The third-order valence-electron chi connectivity index (χ3n) is 3.94. The van der Waals surface area contributed by atoms with Crippen molar-refractivity contribution in [1.29, 1.82) is 0 Å². The monoisotopic (exact) mass is 246 g/mol. The Bertz CT molecular complexity index is 330. The first-order valence-corrected chi connectivity index (χ1v) is 7.27. The summed E-state index contributed by atoms with van der Waals surface area (Å²) >= 11 is 0. The smallest absolute Gasteiger partial charge is 0.00822 e. The van der Waals surface area contributed by atoms with Gasteiger partial charge >= 0.3 is 0 Å². The SMILES string of the molecule is CC(CC1CCCN1)NCC(C)c1ccccc1. The summed E-state index contributed by atoms with van der Waals surface area (Å²) in [5.41, 5.74) is 1.43. The number of nitrogens with one attached hydrogen (secondary N) is 2. The maximum atomic E-state index is 3.67. The van der Waals surface area contributed by atoms with Crippen molar-refractivity contribution in [2.24, 2.45) is 0 Å². The van der Waals surface area contributed by atoms with Crippen LogP contribution >= 0.6 is 0 Å². The summed E-state index contributed by atoms with van der Waals surface area (Å²) in [4.78, 5) is 0. The minimum Gasteiger partial charge on any atom is -0.314 e. The first-order chi connectivity index (χ1) is 8.75. The van der Waals surface area contributed by atoms with Crippen LogP contribution in [0.15, 0.2) is 30.3 Å². The standard InChI is InChI=1S/C16H26N2/c1-13(15-7-4-3-5-8-15)12-18-14(2)11-16-9-6-10-17-16/h3-5,7-8,13-14,16-18H,6,9-12H2,1-2H3. The highest BCUT2D eigenvalue weighted by Gasteiger charge is 2.17. The maximum absolute atomic E-state index is 3.67. The molecule has 0 amide bonds.